The van der Waals surface area contributed by atoms with Crippen molar-refractivity contribution >= 4 is 9.17 Å². The monoisotopic (exact) mass is 156 g/mol. The second kappa shape index (κ2) is 5.96. The fourth-order valence-electron chi connectivity index (χ4n) is 0.385. The van der Waals surface area contributed by atoms with Crippen molar-refractivity contribution in [3.8, 4) is 0 Å². The van der Waals surface area contributed by atoms with Crippen molar-refractivity contribution in [1.29, 1.82) is 0 Å². The molecule has 0 saturated heterocycles. The molecule has 0 aliphatic heterocycles. The largest absolute Gasteiger partial charge is 0.761 e. The molecular formula is C6H8O3Si. The van der Waals surface area contributed by atoms with Gasteiger partial charge in [-0.25, -0.2) is 0 Å². The standard InChI is InChI=1S/C6H6.H2O3Si/c1-2-4-6-5-3-1;1-4(2)3/h1-6H;1-2H. The zero-order chi connectivity index (χ0) is 7.82. The van der Waals surface area contributed by atoms with Crippen LogP contribution in [0.2, 0.25) is 0 Å². The van der Waals surface area contributed by atoms with Gasteiger partial charge in [0.05, 0.1) is 0 Å². The summed E-state index contributed by atoms with van der Waals surface area (Å²) >= 11 is 0. The molecule has 0 radical (unpaired) electrons. The molecule has 0 amide bonds. The second-order valence-corrected chi connectivity index (χ2v) is 2.00. The van der Waals surface area contributed by atoms with Crippen LogP contribution in [0.15, 0.2) is 36.4 Å². The maximum absolute atomic E-state index is 8.74. The van der Waals surface area contributed by atoms with E-state index in [1.54, 1.807) is 0 Å². The topological polar surface area (TPSA) is 57.5 Å². The summed E-state index contributed by atoms with van der Waals surface area (Å²) in [5, 5.41) is 0. The van der Waals surface area contributed by atoms with Gasteiger partial charge in [0.1, 0.15) is 0 Å². The summed E-state index contributed by atoms with van der Waals surface area (Å²) in [7, 11) is -3.13. The van der Waals surface area contributed by atoms with Gasteiger partial charge in [-0.15, -0.1) is 0 Å². The Kier molecular flexibility index (Phi) is 5.27. The van der Waals surface area contributed by atoms with E-state index in [1.807, 2.05) is 36.4 Å². The van der Waals surface area contributed by atoms with Gasteiger partial charge in [-0.3, -0.25) is 4.46 Å². The van der Waals surface area contributed by atoms with E-state index in [9.17, 15) is 0 Å². The summed E-state index contributed by atoms with van der Waals surface area (Å²) in [5.74, 6) is 0. The van der Waals surface area contributed by atoms with E-state index >= 15 is 0 Å². The molecule has 4 heteroatoms. The molecule has 1 aromatic rings. The molecule has 0 spiro atoms. The van der Waals surface area contributed by atoms with Crippen molar-refractivity contribution in [1.82, 2.24) is 0 Å². The van der Waals surface area contributed by atoms with Crippen molar-refractivity contribution in [3.63, 3.8) is 0 Å². The Bertz CT molecular complexity index is 145. The van der Waals surface area contributed by atoms with Crippen molar-refractivity contribution in [3.05, 3.63) is 36.4 Å². The normalized spacial score (nSPS) is 7.20. The van der Waals surface area contributed by atoms with Crippen LogP contribution in [0.3, 0.4) is 0 Å². The molecule has 10 heavy (non-hydrogen) atoms. The lowest BCUT2D eigenvalue weighted by Gasteiger charge is -1.69. The maximum atomic E-state index is 8.74. The van der Waals surface area contributed by atoms with Crippen LogP contribution in [-0.4, -0.2) is 18.8 Å². The van der Waals surface area contributed by atoms with Gasteiger partial charge < -0.3 is 9.59 Å². The Hall–Kier alpha value is -1.16. The molecule has 0 aliphatic rings. The molecule has 1 rings (SSSR count). The van der Waals surface area contributed by atoms with Gasteiger partial charge in [0, 0.05) is 0 Å². The third-order valence-electron chi connectivity index (χ3n) is 0.667. The molecule has 0 atom stereocenters. The maximum Gasteiger partial charge on any atom is 0.761 e. The van der Waals surface area contributed by atoms with Gasteiger partial charge in [-0.05, 0) is 0 Å². The van der Waals surface area contributed by atoms with Gasteiger partial charge in [0.2, 0.25) is 0 Å². The molecule has 0 aromatic heterocycles. The fraction of sp³-hybridized carbons (Fsp3) is 0. The highest BCUT2D eigenvalue weighted by Crippen LogP contribution is 1.79. The van der Waals surface area contributed by atoms with Crippen LogP contribution in [0.4, 0.5) is 0 Å². The molecular weight excluding hydrogens is 148 g/mol. The minimum atomic E-state index is -3.13. The van der Waals surface area contributed by atoms with E-state index in [0.717, 1.165) is 0 Å². The van der Waals surface area contributed by atoms with Gasteiger partial charge in [0.15, 0.2) is 0 Å². The van der Waals surface area contributed by atoms with Gasteiger partial charge in [-0.2, -0.15) is 0 Å². The summed E-state index contributed by atoms with van der Waals surface area (Å²) in [4.78, 5) is 14.3. The van der Waals surface area contributed by atoms with Crippen molar-refractivity contribution < 1.29 is 14.1 Å². The van der Waals surface area contributed by atoms with Crippen molar-refractivity contribution in [2.45, 2.75) is 0 Å². The lowest BCUT2D eigenvalue weighted by molar-refractivity contribution is 0.330. The molecule has 0 bridgehead atoms. The Morgan fingerprint density at radius 1 is 0.800 bits per heavy atom. The molecule has 54 valence electrons. The first-order valence-electron chi connectivity index (χ1n) is 2.65. The van der Waals surface area contributed by atoms with Crippen LogP contribution in [0.5, 0.6) is 0 Å². The quantitative estimate of drug-likeness (QED) is 0.523. The predicted molar refractivity (Wildman–Crippen MR) is 37.3 cm³/mol. The Morgan fingerprint density at radius 3 is 1.00 bits per heavy atom. The van der Waals surface area contributed by atoms with E-state index in [2.05, 4.69) is 0 Å². The highest BCUT2D eigenvalue weighted by Gasteiger charge is 1.85. The summed E-state index contributed by atoms with van der Waals surface area (Å²) in [6.45, 7) is 0. The number of rotatable bonds is 0. The highest BCUT2D eigenvalue weighted by atomic mass is 28.3. The van der Waals surface area contributed by atoms with E-state index in [-0.39, 0.29) is 0 Å². The summed E-state index contributed by atoms with van der Waals surface area (Å²) in [6.07, 6.45) is 0. The first-order valence-corrected chi connectivity index (χ1v) is 3.95. The van der Waals surface area contributed by atoms with Crippen LogP contribution in [-0.2, 0) is 4.46 Å². The highest BCUT2D eigenvalue weighted by molar-refractivity contribution is 6.22. The van der Waals surface area contributed by atoms with Gasteiger partial charge >= 0.3 is 9.17 Å². The smallest absolute Gasteiger partial charge is 0.511 e. The number of hydrogen-bond donors (Lipinski definition) is 2. The first-order chi connectivity index (χ1) is 4.73. The van der Waals surface area contributed by atoms with Gasteiger partial charge in [-0.1, -0.05) is 36.4 Å². The zero-order valence-electron chi connectivity index (χ0n) is 5.27. The van der Waals surface area contributed by atoms with Crippen LogP contribution in [0.25, 0.3) is 0 Å². The Balaban J connectivity index is 0.000000180. The van der Waals surface area contributed by atoms with Gasteiger partial charge in [0.25, 0.3) is 0 Å². The minimum absolute atomic E-state index is 2.00. The molecule has 0 unspecified atom stereocenters. The summed E-state index contributed by atoms with van der Waals surface area (Å²) in [5.41, 5.74) is 0. The van der Waals surface area contributed by atoms with Crippen LogP contribution in [0.1, 0.15) is 0 Å². The van der Waals surface area contributed by atoms with E-state index < -0.39 is 9.17 Å². The third kappa shape index (κ3) is 9.96. The summed E-state index contributed by atoms with van der Waals surface area (Å²) in [6, 6.07) is 12.0. The number of hydrogen-bond acceptors (Lipinski definition) is 1. The number of benzene rings is 1. The van der Waals surface area contributed by atoms with E-state index in [0.29, 0.717) is 0 Å². The fourth-order valence-corrected chi connectivity index (χ4v) is 0.385. The molecule has 0 saturated carbocycles. The summed E-state index contributed by atoms with van der Waals surface area (Å²) < 4.78 is 8.74. The molecule has 1 aromatic carbocycles. The molecule has 0 fully saturated rings. The molecule has 0 aliphatic carbocycles. The molecule has 0 heterocycles. The first kappa shape index (κ1) is 8.84. The van der Waals surface area contributed by atoms with Crippen molar-refractivity contribution in [2.24, 2.45) is 0 Å². The average molecular weight is 156 g/mol. The van der Waals surface area contributed by atoms with Crippen molar-refractivity contribution in [2.75, 3.05) is 0 Å². The van der Waals surface area contributed by atoms with Crippen LogP contribution in [0, 0.1) is 0 Å². The lowest BCUT2D eigenvalue weighted by Crippen LogP contribution is -1.90. The lowest BCUT2D eigenvalue weighted by atomic mass is 10.4. The third-order valence-corrected chi connectivity index (χ3v) is 0.667. The SMILES string of the molecule is O=[Si](O)O.c1ccccc1. The minimum Gasteiger partial charge on any atom is -0.511 e. The van der Waals surface area contributed by atoms with E-state index in [1.165, 1.54) is 0 Å². The van der Waals surface area contributed by atoms with Crippen LogP contribution < -0.4 is 0 Å². The predicted octanol–water partition coefficient (Wildman–Crippen LogP) is 0.0730. The zero-order valence-corrected chi connectivity index (χ0v) is 6.27. The Labute approximate surface area is 60.5 Å². The molecule has 2 N–H and O–H groups in total. The van der Waals surface area contributed by atoms with Crippen LogP contribution >= 0.6 is 0 Å². The van der Waals surface area contributed by atoms with E-state index in [4.69, 9.17) is 14.1 Å². The Morgan fingerprint density at radius 2 is 0.900 bits per heavy atom. The second-order valence-electron chi connectivity index (χ2n) is 1.44. The molecule has 3 nitrogen and oxygen atoms in total. The average Bonchev–Trinajstić information content (AvgIpc) is 1.90.